The van der Waals surface area contributed by atoms with E-state index in [1.54, 1.807) is 6.92 Å². The Labute approximate surface area is 148 Å². The topological polar surface area (TPSA) is 62.4 Å². The number of nitrogens with one attached hydrogen (secondary N) is 3. The fourth-order valence-electron chi connectivity index (χ4n) is 3.61. The zero-order valence-electron chi connectivity index (χ0n) is 16.3. The van der Waals surface area contributed by atoms with E-state index in [-0.39, 0.29) is 17.0 Å². The normalized spacial score (nSPS) is 19.9. The number of esters is 1. The summed E-state index contributed by atoms with van der Waals surface area (Å²) in [6, 6.07) is 0.589. The first-order chi connectivity index (χ1) is 11.1. The Morgan fingerprint density at radius 1 is 1.12 bits per heavy atom. The molecule has 1 heterocycles. The summed E-state index contributed by atoms with van der Waals surface area (Å²) in [6.45, 7) is 17.5. The van der Waals surface area contributed by atoms with Crippen LogP contribution in [0.4, 0.5) is 0 Å². The molecule has 1 rings (SSSR count). The molecular formula is C19H37N3O2. The van der Waals surface area contributed by atoms with E-state index in [0.29, 0.717) is 24.8 Å². The lowest BCUT2D eigenvalue weighted by Gasteiger charge is -2.46. The highest BCUT2D eigenvalue weighted by Gasteiger charge is 2.37. The van der Waals surface area contributed by atoms with E-state index in [1.807, 2.05) is 0 Å². The fourth-order valence-corrected chi connectivity index (χ4v) is 3.61. The second-order valence-corrected chi connectivity index (χ2v) is 8.33. The molecule has 0 bridgehead atoms. The highest BCUT2D eigenvalue weighted by molar-refractivity contribution is 5.86. The predicted octanol–water partition coefficient (Wildman–Crippen LogP) is 2.37. The van der Waals surface area contributed by atoms with Gasteiger partial charge in [-0.1, -0.05) is 6.58 Å². The Kier molecular flexibility index (Phi) is 8.40. The molecule has 0 aromatic rings. The third kappa shape index (κ3) is 8.81. The van der Waals surface area contributed by atoms with Gasteiger partial charge in [0.05, 0.1) is 0 Å². The zero-order valence-corrected chi connectivity index (χ0v) is 16.3. The number of ether oxygens (including phenoxy) is 1. The van der Waals surface area contributed by atoms with Gasteiger partial charge in [0.25, 0.3) is 0 Å². The Bertz CT molecular complexity index is 403. The van der Waals surface area contributed by atoms with E-state index < -0.39 is 0 Å². The van der Waals surface area contributed by atoms with E-state index >= 15 is 0 Å². The van der Waals surface area contributed by atoms with E-state index in [0.717, 1.165) is 25.9 Å². The maximum absolute atomic E-state index is 11.2. The van der Waals surface area contributed by atoms with Crippen LogP contribution in [0.15, 0.2) is 12.2 Å². The zero-order chi connectivity index (χ0) is 18.2. The fraction of sp³-hybridized carbons (Fsp3) is 0.842. The van der Waals surface area contributed by atoms with Gasteiger partial charge >= 0.3 is 5.97 Å². The standard InChI is InChI=1S/C19H37N3O2/c1-15(2)17(23)24-12-11-20-9-7-8-10-21-16-13-18(3,4)22-19(5,6)14-16/h16,20-22H,1,7-14H2,2-6H3. The van der Waals surface area contributed by atoms with Crippen LogP contribution in [0.1, 0.15) is 60.3 Å². The SMILES string of the molecule is C=C(C)C(=O)OCCNCCCCNC1CC(C)(C)NC(C)(C)C1. The third-order valence-corrected chi connectivity index (χ3v) is 4.26. The molecule has 0 atom stereocenters. The van der Waals surface area contributed by atoms with Crippen molar-refractivity contribution in [3.63, 3.8) is 0 Å². The molecule has 0 saturated carbocycles. The van der Waals surface area contributed by atoms with Crippen molar-refractivity contribution in [3.8, 4) is 0 Å². The highest BCUT2D eigenvalue weighted by atomic mass is 16.5. The van der Waals surface area contributed by atoms with Gasteiger partial charge in [0.15, 0.2) is 0 Å². The number of carbonyl (C=O) groups excluding carboxylic acids is 1. The molecule has 0 radical (unpaired) electrons. The molecule has 1 fully saturated rings. The summed E-state index contributed by atoms with van der Waals surface area (Å²) in [5, 5.41) is 10.7. The minimum absolute atomic E-state index is 0.197. The summed E-state index contributed by atoms with van der Waals surface area (Å²) < 4.78 is 5.03. The van der Waals surface area contributed by atoms with E-state index in [4.69, 9.17) is 4.74 Å². The van der Waals surface area contributed by atoms with Gasteiger partial charge in [0.2, 0.25) is 0 Å². The molecule has 0 aliphatic carbocycles. The molecule has 3 N–H and O–H groups in total. The minimum Gasteiger partial charge on any atom is -0.461 e. The molecule has 0 aromatic carbocycles. The van der Waals surface area contributed by atoms with Crippen molar-refractivity contribution in [1.82, 2.24) is 16.0 Å². The smallest absolute Gasteiger partial charge is 0.333 e. The molecule has 1 aliphatic rings. The summed E-state index contributed by atoms with van der Waals surface area (Å²) in [4.78, 5) is 11.2. The van der Waals surface area contributed by atoms with Gasteiger partial charge in [0.1, 0.15) is 6.61 Å². The van der Waals surface area contributed by atoms with E-state index in [2.05, 4.69) is 50.2 Å². The van der Waals surface area contributed by atoms with Crippen LogP contribution in [0.3, 0.4) is 0 Å². The quantitative estimate of drug-likeness (QED) is 0.324. The molecule has 0 aromatic heterocycles. The molecule has 5 nitrogen and oxygen atoms in total. The van der Waals surface area contributed by atoms with Gasteiger partial charge in [-0.15, -0.1) is 0 Å². The third-order valence-electron chi connectivity index (χ3n) is 4.26. The van der Waals surface area contributed by atoms with Crippen LogP contribution in [0.2, 0.25) is 0 Å². The molecule has 0 unspecified atom stereocenters. The first kappa shape index (κ1) is 21.1. The number of unbranched alkanes of at least 4 members (excludes halogenated alkanes) is 1. The Morgan fingerprint density at radius 3 is 2.29 bits per heavy atom. The van der Waals surface area contributed by atoms with Gasteiger partial charge in [-0.3, -0.25) is 0 Å². The van der Waals surface area contributed by atoms with Crippen molar-refractivity contribution in [2.75, 3.05) is 26.2 Å². The van der Waals surface area contributed by atoms with Crippen LogP contribution in [-0.2, 0) is 9.53 Å². The van der Waals surface area contributed by atoms with Gasteiger partial charge < -0.3 is 20.7 Å². The Hall–Kier alpha value is -0.910. The van der Waals surface area contributed by atoms with Crippen LogP contribution in [0.25, 0.3) is 0 Å². The molecule has 0 amide bonds. The van der Waals surface area contributed by atoms with Gasteiger partial charge in [-0.2, -0.15) is 0 Å². The van der Waals surface area contributed by atoms with Crippen LogP contribution in [0.5, 0.6) is 0 Å². The highest BCUT2D eigenvalue weighted by Crippen LogP contribution is 2.28. The van der Waals surface area contributed by atoms with Crippen molar-refractivity contribution < 1.29 is 9.53 Å². The molecule has 24 heavy (non-hydrogen) atoms. The molecule has 0 spiro atoms. The summed E-state index contributed by atoms with van der Waals surface area (Å²) in [6.07, 6.45) is 4.62. The molecule has 1 saturated heterocycles. The number of piperidine rings is 1. The molecular weight excluding hydrogens is 302 g/mol. The molecule has 5 heteroatoms. The summed E-state index contributed by atoms with van der Waals surface area (Å²) >= 11 is 0. The second kappa shape index (κ2) is 9.54. The Balaban J connectivity index is 2.02. The van der Waals surface area contributed by atoms with Crippen molar-refractivity contribution in [2.45, 2.75) is 77.4 Å². The van der Waals surface area contributed by atoms with Crippen LogP contribution in [0, 0.1) is 0 Å². The first-order valence-corrected chi connectivity index (χ1v) is 9.17. The van der Waals surface area contributed by atoms with Gasteiger partial charge in [-0.25, -0.2) is 4.79 Å². The first-order valence-electron chi connectivity index (χ1n) is 9.17. The summed E-state index contributed by atoms with van der Waals surface area (Å²) in [5.41, 5.74) is 0.843. The largest absolute Gasteiger partial charge is 0.461 e. The van der Waals surface area contributed by atoms with Crippen molar-refractivity contribution in [3.05, 3.63) is 12.2 Å². The molecule has 1 aliphatic heterocycles. The van der Waals surface area contributed by atoms with Crippen molar-refractivity contribution in [1.29, 1.82) is 0 Å². The average Bonchev–Trinajstić information content (AvgIpc) is 2.41. The van der Waals surface area contributed by atoms with E-state index in [1.165, 1.54) is 12.8 Å². The monoisotopic (exact) mass is 339 g/mol. The van der Waals surface area contributed by atoms with Crippen LogP contribution < -0.4 is 16.0 Å². The predicted molar refractivity (Wildman–Crippen MR) is 100 cm³/mol. The summed E-state index contributed by atoms with van der Waals surface area (Å²) in [5.74, 6) is -0.311. The average molecular weight is 340 g/mol. The Morgan fingerprint density at radius 2 is 1.71 bits per heavy atom. The lowest BCUT2D eigenvalue weighted by atomic mass is 9.79. The second-order valence-electron chi connectivity index (χ2n) is 8.33. The maximum atomic E-state index is 11.2. The summed E-state index contributed by atoms with van der Waals surface area (Å²) in [7, 11) is 0. The number of carbonyl (C=O) groups is 1. The van der Waals surface area contributed by atoms with Crippen LogP contribution >= 0.6 is 0 Å². The maximum Gasteiger partial charge on any atom is 0.333 e. The lowest BCUT2D eigenvalue weighted by molar-refractivity contribution is -0.138. The number of hydrogen-bond donors (Lipinski definition) is 3. The van der Waals surface area contributed by atoms with Crippen LogP contribution in [-0.4, -0.2) is 49.3 Å². The van der Waals surface area contributed by atoms with Crippen molar-refractivity contribution in [2.24, 2.45) is 0 Å². The minimum atomic E-state index is -0.311. The lowest BCUT2D eigenvalue weighted by Crippen LogP contribution is -2.61. The van der Waals surface area contributed by atoms with Gasteiger partial charge in [0, 0.05) is 29.2 Å². The van der Waals surface area contributed by atoms with Gasteiger partial charge in [-0.05, 0) is 73.4 Å². The van der Waals surface area contributed by atoms with Crippen molar-refractivity contribution >= 4 is 5.97 Å². The number of hydrogen-bond acceptors (Lipinski definition) is 5. The molecule has 140 valence electrons. The number of rotatable bonds is 10. The van der Waals surface area contributed by atoms with E-state index in [9.17, 15) is 4.79 Å².